The summed E-state index contributed by atoms with van der Waals surface area (Å²) in [5, 5.41) is 32.5. The van der Waals surface area contributed by atoms with E-state index >= 15 is 0 Å². The molecule has 2 fully saturated rings. The molecule has 12 heteroatoms. The minimum atomic E-state index is -0.813. The van der Waals surface area contributed by atoms with Crippen LogP contribution in [-0.2, 0) is 32.2 Å². The normalized spacial score (nSPS) is 19.0. The van der Waals surface area contributed by atoms with Crippen LogP contribution in [0.4, 0.5) is 11.4 Å². The predicted molar refractivity (Wildman–Crippen MR) is 205 cm³/mol. The summed E-state index contributed by atoms with van der Waals surface area (Å²) in [6, 6.07) is 30.7. The van der Waals surface area contributed by atoms with Crippen LogP contribution in [0, 0.1) is 10.1 Å². The lowest BCUT2D eigenvalue weighted by atomic mass is 9.97. The molecule has 2 saturated heterocycles. The highest BCUT2D eigenvalue weighted by Gasteiger charge is 2.34. The third-order valence-electron chi connectivity index (χ3n) is 10.2. The van der Waals surface area contributed by atoms with E-state index in [-0.39, 0.29) is 41.8 Å². The molecule has 4 aromatic rings. The number of aliphatic hydroxyl groups is 1. The van der Waals surface area contributed by atoms with Crippen LogP contribution < -0.4 is 10.2 Å². The number of nitro groups is 1. The van der Waals surface area contributed by atoms with Crippen molar-refractivity contribution in [1.29, 1.82) is 0 Å². The Morgan fingerprint density at radius 2 is 1.50 bits per heavy atom. The average molecular weight is 737 g/mol. The van der Waals surface area contributed by atoms with Gasteiger partial charge >= 0.3 is 5.97 Å². The molecule has 3 atom stereocenters. The number of carboxylic acids is 1. The van der Waals surface area contributed by atoms with E-state index < -0.39 is 12.3 Å². The number of non-ortho nitro benzene ring substituents is 1. The van der Waals surface area contributed by atoms with E-state index in [1.54, 1.807) is 12.1 Å². The quantitative estimate of drug-likeness (QED) is 0.0638. The van der Waals surface area contributed by atoms with Crippen LogP contribution >= 0.6 is 0 Å². The van der Waals surface area contributed by atoms with Crippen molar-refractivity contribution in [1.82, 2.24) is 10.2 Å². The molecule has 12 nitrogen and oxygen atoms in total. The Labute approximate surface area is 315 Å². The van der Waals surface area contributed by atoms with Gasteiger partial charge in [0.25, 0.3) is 5.69 Å². The number of hydrogen-bond donors (Lipinski definition) is 3. The molecule has 284 valence electrons. The van der Waals surface area contributed by atoms with Crippen molar-refractivity contribution < 1.29 is 34.2 Å². The molecule has 54 heavy (non-hydrogen) atoms. The summed E-state index contributed by atoms with van der Waals surface area (Å²) in [4.78, 5) is 38.6. The number of anilines is 1. The second-order valence-corrected chi connectivity index (χ2v) is 13.9. The Morgan fingerprint density at radius 1 is 0.815 bits per heavy atom. The summed E-state index contributed by atoms with van der Waals surface area (Å²) in [5.41, 5.74) is 6.85. The Morgan fingerprint density at radius 3 is 2.19 bits per heavy atom. The first kappa shape index (κ1) is 38.6. The van der Waals surface area contributed by atoms with Crippen molar-refractivity contribution in [2.75, 3.05) is 37.6 Å². The van der Waals surface area contributed by atoms with Gasteiger partial charge in [-0.3, -0.25) is 24.6 Å². The molecule has 0 aliphatic carbocycles. The Hall–Kier alpha value is -5.14. The fraction of sp³-hybridized carbons (Fsp3) is 0.381. The highest BCUT2D eigenvalue weighted by atomic mass is 16.7. The molecule has 0 radical (unpaired) electrons. The minimum Gasteiger partial charge on any atom is -0.481 e. The van der Waals surface area contributed by atoms with Gasteiger partial charge in [0.1, 0.15) is 0 Å². The highest BCUT2D eigenvalue weighted by molar-refractivity contribution is 5.76. The van der Waals surface area contributed by atoms with E-state index in [0.717, 1.165) is 71.8 Å². The van der Waals surface area contributed by atoms with E-state index in [1.807, 2.05) is 72.8 Å². The zero-order chi connectivity index (χ0) is 37.9. The number of nitrogens with zero attached hydrogens (tertiary/aromatic N) is 3. The standard InChI is InChI=1S/C42H48N4O8/c47-29-30-10-12-32(13-11-30)39-26-37(28-44-22-24-45(25-23-44)35-18-20-36(21-19-35)46(51)52)53-42(54-39)33-16-14-31(15-17-33)38-7-5-4-6-34(38)27-43-40(48)8-2-1-3-9-41(49)50/h4-7,10-21,37,39,42,47H,1-3,8-9,22-29H2,(H,43,48)(H,49,50)/t37-,39+,42+/m0/s1. The van der Waals surface area contributed by atoms with Crippen molar-refractivity contribution in [3.05, 3.63) is 129 Å². The molecule has 2 aliphatic rings. The average Bonchev–Trinajstić information content (AvgIpc) is 3.20. The maximum Gasteiger partial charge on any atom is 0.303 e. The third kappa shape index (κ3) is 10.5. The lowest BCUT2D eigenvalue weighted by molar-refractivity contribution is -0.384. The Bertz CT molecular complexity index is 1840. The maximum atomic E-state index is 12.5. The number of benzene rings is 4. The molecular formula is C42H48N4O8. The van der Waals surface area contributed by atoms with Gasteiger partial charge in [-0.15, -0.1) is 0 Å². The number of nitrogens with one attached hydrogen (secondary N) is 1. The van der Waals surface area contributed by atoms with Crippen molar-refractivity contribution in [2.24, 2.45) is 0 Å². The number of aliphatic hydroxyl groups excluding tert-OH is 1. The molecule has 1 amide bonds. The summed E-state index contributed by atoms with van der Waals surface area (Å²) >= 11 is 0. The van der Waals surface area contributed by atoms with Gasteiger partial charge in [0.2, 0.25) is 5.91 Å². The summed E-state index contributed by atoms with van der Waals surface area (Å²) in [5.74, 6) is -0.865. The van der Waals surface area contributed by atoms with E-state index in [4.69, 9.17) is 14.6 Å². The number of carboxylic acid groups (broad SMARTS) is 1. The molecule has 0 spiro atoms. The van der Waals surface area contributed by atoms with Crippen LogP contribution in [0.1, 0.15) is 73.2 Å². The topological polar surface area (TPSA) is 155 Å². The number of aliphatic carboxylic acids is 1. The zero-order valence-corrected chi connectivity index (χ0v) is 30.3. The molecule has 2 aliphatic heterocycles. The van der Waals surface area contributed by atoms with Crippen LogP contribution in [0.15, 0.2) is 97.1 Å². The van der Waals surface area contributed by atoms with Crippen molar-refractivity contribution >= 4 is 23.3 Å². The van der Waals surface area contributed by atoms with E-state index in [1.165, 1.54) is 0 Å². The third-order valence-corrected chi connectivity index (χ3v) is 10.2. The highest BCUT2D eigenvalue weighted by Crippen LogP contribution is 2.39. The van der Waals surface area contributed by atoms with Crippen LogP contribution in [-0.4, -0.2) is 70.7 Å². The van der Waals surface area contributed by atoms with Gasteiger partial charge in [-0.25, -0.2) is 0 Å². The van der Waals surface area contributed by atoms with Gasteiger partial charge in [0.05, 0.1) is 23.7 Å². The largest absolute Gasteiger partial charge is 0.481 e. The van der Waals surface area contributed by atoms with Gasteiger partial charge in [-0.1, -0.05) is 79.2 Å². The molecule has 2 heterocycles. The number of rotatable bonds is 16. The summed E-state index contributed by atoms with van der Waals surface area (Å²) in [7, 11) is 0. The molecular weight excluding hydrogens is 688 g/mol. The first-order valence-corrected chi connectivity index (χ1v) is 18.6. The number of amides is 1. The summed E-state index contributed by atoms with van der Waals surface area (Å²) in [6.07, 6.45) is 2.21. The van der Waals surface area contributed by atoms with Crippen LogP contribution in [0.2, 0.25) is 0 Å². The van der Waals surface area contributed by atoms with Gasteiger partial charge < -0.3 is 29.9 Å². The number of nitro benzene ring substituents is 1. The zero-order valence-electron chi connectivity index (χ0n) is 30.3. The second kappa shape index (κ2) is 18.8. The lowest BCUT2D eigenvalue weighted by Gasteiger charge is -2.41. The first-order valence-electron chi connectivity index (χ1n) is 18.6. The second-order valence-electron chi connectivity index (χ2n) is 13.9. The van der Waals surface area contributed by atoms with Crippen LogP contribution in [0.3, 0.4) is 0 Å². The van der Waals surface area contributed by atoms with Gasteiger partial charge in [0.15, 0.2) is 6.29 Å². The lowest BCUT2D eigenvalue weighted by Crippen LogP contribution is -2.49. The van der Waals surface area contributed by atoms with Crippen molar-refractivity contribution in [3.63, 3.8) is 0 Å². The molecule has 4 aromatic carbocycles. The van der Waals surface area contributed by atoms with Gasteiger partial charge in [-0.05, 0) is 52.8 Å². The molecule has 0 saturated carbocycles. The van der Waals surface area contributed by atoms with Crippen molar-refractivity contribution in [3.8, 4) is 11.1 Å². The molecule has 0 aromatic heterocycles. The molecule has 0 unspecified atom stereocenters. The first-order chi connectivity index (χ1) is 26.2. The SMILES string of the molecule is O=C(O)CCCCCC(=O)NCc1ccccc1-c1ccc([C@@H]2O[C@H](CN3CCN(c4ccc([N+](=O)[O-])cc4)CC3)C[C@H](c3ccc(CO)cc3)O2)cc1. The van der Waals surface area contributed by atoms with E-state index in [9.17, 15) is 24.8 Å². The Balaban J connectivity index is 1.10. The fourth-order valence-electron chi connectivity index (χ4n) is 7.09. The molecule has 3 N–H and O–H groups in total. The fourth-order valence-corrected chi connectivity index (χ4v) is 7.09. The molecule has 6 rings (SSSR count). The minimum absolute atomic E-state index is 0.0238. The summed E-state index contributed by atoms with van der Waals surface area (Å²) in [6.45, 7) is 4.37. The number of carbonyl (C=O) groups is 2. The summed E-state index contributed by atoms with van der Waals surface area (Å²) < 4.78 is 13.3. The van der Waals surface area contributed by atoms with Crippen LogP contribution in [0.25, 0.3) is 11.1 Å². The number of hydrogen-bond acceptors (Lipinski definition) is 9. The van der Waals surface area contributed by atoms with E-state index in [2.05, 4.69) is 27.2 Å². The predicted octanol–water partition coefficient (Wildman–Crippen LogP) is 6.77. The van der Waals surface area contributed by atoms with E-state index in [0.29, 0.717) is 38.6 Å². The number of unbranched alkanes of at least 4 members (excludes halogenated alkanes) is 2. The molecule has 0 bridgehead atoms. The maximum absolute atomic E-state index is 12.5. The van der Waals surface area contributed by atoms with Crippen molar-refractivity contribution in [2.45, 2.75) is 70.2 Å². The number of carbonyl (C=O) groups excluding carboxylic acids is 1. The number of piperazine rings is 1. The smallest absolute Gasteiger partial charge is 0.303 e. The van der Waals surface area contributed by atoms with Crippen LogP contribution in [0.5, 0.6) is 0 Å². The number of ether oxygens (including phenoxy) is 2. The van der Waals surface area contributed by atoms with Gasteiger partial charge in [-0.2, -0.15) is 0 Å². The monoisotopic (exact) mass is 736 g/mol. The van der Waals surface area contributed by atoms with Gasteiger partial charge in [0, 0.05) is 81.9 Å². The Kier molecular flexibility index (Phi) is 13.4.